The lowest BCUT2D eigenvalue weighted by molar-refractivity contribution is -0.0184. The smallest absolute Gasteiger partial charge is 0.0352 e. The Morgan fingerprint density at radius 1 is 0.206 bits per heavy atom. The first kappa shape index (κ1) is 92.6. The van der Waals surface area contributed by atoms with Crippen molar-refractivity contribution in [2.45, 2.75) is 197 Å². The van der Waals surface area contributed by atoms with E-state index in [9.17, 15) is 0 Å². The molecule has 34 heavy (non-hydrogen) atoms. The maximum atomic E-state index is 1.62. The van der Waals surface area contributed by atoms with Crippen molar-refractivity contribution in [1.29, 1.82) is 0 Å². The van der Waals surface area contributed by atoms with E-state index in [1.807, 2.05) is 0 Å². The monoisotopic (exact) mass is 505 g/mol. The third kappa shape index (κ3) is 16.6. The quantitative estimate of drug-likeness (QED) is 0.307. The van der Waals surface area contributed by atoms with Gasteiger partial charge in [-0.1, -0.05) is 158 Å². The lowest BCUT2D eigenvalue weighted by atomic mass is 9.54. The second-order valence-corrected chi connectivity index (χ2v) is 7.55. The number of rotatable bonds is 0. The molecule has 4 saturated carbocycles. The molecule has 0 aromatic carbocycles. The first-order valence-corrected chi connectivity index (χ1v) is 8.43. The Hall–Kier alpha value is 0. The van der Waals surface area contributed by atoms with Crippen LogP contribution in [0.25, 0.3) is 0 Å². The number of hydrogen-bond donors (Lipinski definition) is 0. The van der Waals surface area contributed by atoms with Gasteiger partial charge >= 0.3 is 0 Å². The molecule has 0 bridgehead atoms. The molecule has 4 aliphatic rings. The van der Waals surface area contributed by atoms with Crippen molar-refractivity contribution in [3.8, 4) is 0 Å². The van der Waals surface area contributed by atoms with Crippen molar-refractivity contribution in [2.24, 2.45) is 35.5 Å². The molecule has 0 nitrogen and oxygen atoms in total. The van der Waals surface area contributed by atoms with E-state index in [1.54, 1.807) is 70.6 Å². The van der Waals surface area contributed by atoms with Crippen LogP contribution in [-0.2, 0) is 0 Å². The third-order valence-corrected chi connectivity index (χ3v) is 7.08. The summed E-state index contributed by atoms with van der Waals surface area (Å²) in [7, 11) is 0. The highest BCUT2D eigenvalue weighted by molar-refractivity contribution is 4.98. The number of fused-ring (bicyclic) bond motifs is 5. The molecule has 0 aromatic rings. The van der Waals surface area contributed by atoms with Gasteiger partial charge < -0.3 is 0 Å². The van der Waals surface area contributed by atoms with Crippen LogP contribution < -0.4 is 0 Å². The first-order valence-electron chi connectivity index (χ1n) is 8.43. The summed E-state index contributed by atoms with van der Waals surface area (Å²) in [4.78, 5) is 0. The van der Waals surface area contributed by atoms with E-state index in [-0.39, 0.29) is 126 Å². The minimum atomic E-state index is 0. The summed E-state index contributed by atoms with van der Waals surface area (Å²) in [6, 6.07) is 0. The van der Waals surface area contributed by atoms with E-state index < -0.39 is 0 Å². The van der Waals surface area contributed by atoms with Gasteiger partial charge in [0.1, 0.15) is 0 Å². The SMILES string of the molecule is C.C.C.C.C.C.C.C.C.C.C.C.C.C.C.C.C.C1CCC2C(C1)CCC1C3CCCC3CCC21. The molecule has 0 amide bonds. The summed E-state index contributed by atoms with van der Waals surface area (Å²) in [5, 5.41) is 0. The Kier molecular flexibility index (Phi) is 109. The molecular weight excluding hydrogens is 408 g/mol. The van der Waals surface area contributed by atoms with Gasteiger partial charge in [0.15, 0.2) is 0 Å². The number of hydrogen-bond acceptors (Lipinski definition) is 0. The van der Waals surface area contributed by atoms with Crippen LogP contribution in [0.4, 0.5) is 0 Å². The normalized spacial score (nSPS) is 26.8. The molecule has 4 aliphatic carbocycles. The minimum absolute atomic E-state index is 0. The highest BCUT2D eigenvalue weighted by Gasteiger charge is 2.48. The van der Waals surface area contributed by atoms with Crippen LogP contribution in [0.2, 0.25) is 0 Å². The average molecular weight is 505 g/mol. The van der Waals surface area contributed by atoms with Gasteiger partial charge in [-0.25, -0.2) is 0 Å². The van der Waals surface area contributed by atoms with Gasteiger partial charge in [0.25, 0.3) is 0 Å². The fraction of sp³-hybridized carbons (Fsp3) is 1.00. The van der Waals surface area contributed by atoms with Crippen molar-refractivity contribution >= 4 is 0 Å². The Labute approximate surface area is 232 Å². The molecule has 0 heterocycles. The molecule has 4 fully saturated rings. The molecule has 4 rings (SSSR count). The fourth-order valence-electron chi connectivity index (χ4n) is 6.45. The molecular formula is C34H96. The first-order chi connectivity index (χ1) is 8.43. The summed E-state index contributed by atoms with van der Waals surface area (Å²) in [5.41, 5.74) is 0. The Balaban J connectivity index is -0.0000000196. The lowest BCUT2D eigenvalue weighted by Crippen LogP contribution is -2.43. The zero-order chi connectivity index (χ0) is 11.2. The zero-order valence-corrected chi connectivity index (χ0v) is 11.2. The molecule has 0 N–H and O–H groups in total. The van der Waals surface area contributed by atoms with Crippen LogP contribution in [0.3, 0.4) is 0 Å². The van der Waals surface area contributed by atoms with Gasteiger partial charge in [-0.15, -0.1) is 0 Å². The minimum Gasteiger partial charge on any atom is -0.0776 e. The van der Waals surface area contributed by atoms with E-state index >= 15 is 0 Å². The van der Waals surface area contributed by atoms with E-state index in [0.717, 1.165) is 11.8 Å². The fourth-order valence-corrected chi connectivity index (χ4v) is 6.45. The molecule has 0 heteroatoms. The van der Waals surface area contributed by atoms with Gasteiger partial charge in [0.2, 0.25) is 0 Å². The summed E-state index contributed by atoms with van der Waals surface area (Å²) < 4.78 is 0. The van der Waals surface area contributed by atoms with Crippen molar-refractivity contribution in [3.63, 3.8) is 0 Å². The van der Waals surface area contributed by atoms with Crippen LogP contribution in [-0.4, -0.2) is 0 Å². The van der Waals surface area contributed by atoms with Gasteiger partial charge in [-0.05, 0) is 74.0 Å². The van der Waals surface area contributed by atoms with Crippen molar-refractivity contribution in [2.75, 3.05) is 0 Å². The molecule has 0 aromatic heterocycles. The average Bonchev–Trinajstić information content (AvgIpc) is 2.86. The summed E-state index contributed by atoms with van der Waals surface area (Å²) in [6.45, 7) is 0. The predicted octanol–water partition coefficient (Wildman–Crippen LogP) is 15.8. The van der Waals surface area contributed by atoms with Gasteiger partial charge in [0.05, 0.1) is 0 Å². The molecule has 0 spiro atoms. The Bertz CT molecular complexity index is 282. The van der Waals surface area contributed by atoms with Crippen molar-refractivity contribution in [3.05, 3.63) is 0 Å². The maximum absolute atomic E-state index is 1.62. The van der Waals surface area contributed by atoms with Crippen LogP contribution in [0.5, 0.6) is 0 Å². The second-order valence-electron chi connectivity index (χ2n) is 7.55. The second kappa shape index (κ2) is 40.2. The lowest BCUT2D eigenvalue weighted by Gasteiger charge is -2.51. The van der Waals surface area contributed by atoms with Crippen LogP contribution in [0.15, 0.2) is 0 Å². The molecule has 0 aliphatic heterocycles. The molecule has 6 unspecified atom stereocenters. The van der Waals surface area contributed by atoms with Gasteiger partial charge in [0, 0.05) is 0 Å². The van der Waals surface area contributed by atoms with Crippen molar-refractivity contribution in [1.82, 2.24) is 0 Å². The summed E-state index contributed by atoms with van der Waals surface area (Å²) in [6.07, 6.45) is 17.5. The molecule has 232 valence electrons. The Morgan fingerprint density at radius 2 is 0.471 bits per heavy atom. The summed E-state index contributed by atoms with van der Waals surface area (Å²) in [5.74, 6) is 7.02. The predicted molar refractivity (Wildman–Crippen MR) is 186 cm³/mol. The molecule has 0 saturated heterocycles. The Morgan fingerprint density at radius 3 is 0.824 bits per heavy atom. The van der Waals surface area contributed by atoms with Crippen LogP contribution >= 0.6 is 0 Å². The van der Waals surface area contributed by atoms with E-state index in [4.69, 9.17) is 0 Å². The topological polar surface area (TPSA) is 0 Å². The van der Waals surface area contributed by atoms with Gasteiger partial charge in [-0.3, -0.25) is 0 Å². The zero-order valence-electron chi connectivity index (χ0n) is 11.2. The largest absolute Gasteiger partial charge is 0.0776 e. The van der Waals surface area contributed by atoms with Crippen LogP contribution in [0.1, 0.15) is 197 Å². The van der Waals surface area contributed by atoms with Crippen LogP contribution in [0, 0.1) is 35.5 Å². The van der Waals surface area contributed by atoms with E-state index in [2.05, 4.69) is 0 Å². The highest BCUT2D eigenvalue weighted by atomic mass is 14.5. The van der Waals surface area contributed by atoms with Gasteiger partial charge in [-0.2, -0.15) is 0 Å². The maximum Gasteiger partial charge on any atom is -0.0352 e. The molecule has 6 atom stereocenters. The van der Waals surface area contributed by atoms with Crippen molar-refractivity contribution < 1.29 is 0 Å². The van der Waals surface area contributed by atoms with E-state index in [1.165, 1.54) is 23.7 Å². The third-order valence-electron chi connectivity index (χ3n) is 7.08. The highest BCUT2D eigenvalue weighted by Crippen LogP contribution is 2.57. The standard InChI is InChI=1S/C17H28.17CH4/c1-2-6-14-12(4-1)8-10-17-15-7-3-5-13(15)9-11-16(14)17;;;;;;;;;;;;;;;;;/h12-17H,1-11H2;17*1H4. The van der Waals surface area contributed by atoms with E-state index in [0.29, 0.717) is 0 Å². The summed E-state index contributed by atoms with van der Waals surface area (Å²) >= 11 is 0. The molecule has 0 radical (unpaired) electrons.